The summed E-state index contributed by atoms with van der Waals surface area (Å²) in [6.45, 7) is 3.19. The van der Waals surface area contributed by atoms with E-state index in [1.165, 1.54) is 0 Å². The fourth-order valence-corrected chi connectivity index (χ4v) is 3.39. The maximum atomic E-state index is 12.1. The van der Waals surface area contributed by atoms with Gasteiger partial charge in [-0.05, 0) is 32.6 Å². The van der Waals surface area contributed by atoms with Gasteiger partial charge in [0.2, 0.25) is 0 Å². The topological polar surface area (TPSA) is 87.7 Å². The van der Waals surface area contributed by atoms with Crippen molar-refractivity contribution in [2.24, 2.45) is 0 Å². The third kappa shape index (κ3) is 4.59. The Morgan fingerprint density at radius 1 is 1.14 bits per heavy atom. The maximum Gasteiger partial charge on any atom is 0.315 e. The Balaban J connectivity index is 1.87. The molecular weight excluding hydrogens is 272 g/mol. The molecule has 1 unspecified atom stereocenters. The molecule has 0 aromatic carbocycles. The summed E-state index contributed by atoms with van der Waals surface area (Å²) in [5.74, 6) is -0.858. The molecule has 1 heterocycles. The minimum atomic E-state index is -0.858. The number of ether oxygens (including phenoxy) is 1. The highest BCUT2D eigenvalue weighted by Crippen LogP contribution is 2.31. The molecule has 120 valence electrons. The largest absolute Gasteiger partial charge is 0.481 e. The SMILES string of the molecule is CC1(CNC(=O)NC2(CC(=O)O)CCCCC2)CCCO1. The van der Waals surface area contributed by atoms with Crippen molar-refractivity contribution in [1.29, 1.82) is 0 Å². The standard InChI is InChI=1S/C15H26N2O4/c1-14(6-5-9-21-14)11-16-13(20)17-15(10-12(18)19)7-3-2-4-8-15/h2-11H2,1H3,(H,18,19)(H2,16,17,20). The first-order valence-electron chi connectivity index (χ1n) is 7.85. The average Bonchev–Trinajstić information content (AvgIpc) is 2.84. The summed E-state index contributed by atoms with van der Waals surface area (Å²) in [6.07, 6.45) is 6.46. The number of amides is 2. The Labute approximate surface area is 125 Å². The van der Waals surface area contributed by atoms with Crippen LogP contribution < -0.4 is 10.6 Å². The van der Waals surface area contributed by atoms with E-state index in [2.05, 4.69) is 10.6 Å². The molecule has 6 nitrogen and oxygen atoms in total. The van der Waals surface area contributed by atoms with E-state index in [-0.39, 0.29) is 18.1 Å². The van der Waals surface area contributed by atoms with Crippen molar-refractivity contribution in [3.63, 3.8) is 0 Å². The lowest BCUT2D eigenvalue weighted by atomic mass is 9.79. The molecule has 3 N–H and O–H groups in total. The van der Waals surface area contributed by atoms with Crippen LogP contribution in [0.4, 0.5) is 4.79 Å². The summed E-state index contributed by atoms with van der Waals surface area (Å²) in [7, 11) is 0. The average molecular weight is 298 g/mol. The molecule has 1 saturated carbocycles. The molecule has 1 aliphatic carbocycles. The summed E-state index contributed by atoms with van der Waals surface area (Å²) in [4.78, 5) is 23.2. The van der Waals surface area contributed by atoms with Crippen LogP contribution in [0, 0.1) is 0 Å². The molecule has 0 aromatic rings. The molecule has 6 heteroatoms. The second-order valence-electron chi connectivity index (χ2n) is 6.62. The van der Waals surface area contributed by atoms with Crippen LogP contribution in [0.1, 0.15) is 58.3 Å². The second kappa shape index (κ2) is 6.64. The minimum absolute atomic E-state index is 0.00577. The zero-order chi connectivity index (χ0) is 15.3. The minimum Gasteiger partial charge on any atom is -0.481 e. The van der Waals surface area contributed by atoms with Gasteiger partial charge in [-0.15, -0.1) is 0 Å². The van der Waals surface area contributed by atoms with Gasteiger partial charge in [0.1, 0.15) is 0 Å². The summed E-state index contributed by atoms with van der Waals surface area (Å²) in [5, 5.41) is 14.9. The van der Waals surface area contributed by atoms with E-state index >= 15 is 0 Å². The Bertz CT molecular complexity index is 385. The van der Waals surface area contributed by atoms with Gasteiger partial charge in [-0.1, -0.05) is 19.3 Å². The lowest BCUT2D eigenvalue weighted by Gasteiger charge is -2.37. The van der Waals surface area contributed by atoms with Gasteiger partial charge in [-0.2, -0.15) is 0 Å². The van der Waals surface area contributed by atoms with Crippen LogP contribution in [-0.2, 0) is 9.53 Å². The molecule has 2 aliphatic rings. The molecule has 2 amide bonds. The fourth-order valence-electron chi connectivity index (χ4n) is 3.39. The van der Waals surface area contributed by atoms with Gasteiger partial charge in [-0.3, -0.25) is 4.79 Å². The molecule has 1 aliphatic heterocycles. The summed E-state index contributed by atoms with van der Waals surface area (Å²) in [6, 6.07) is -0.283. The first kappa shape index (κ1) is 16.1. The fraction of sp³-hybridized carbons (Fsp3) is 0.867. The van der Waals surface area contributed by atoms with Crippen molar-refractivity contribution in [2.75, 3.05) is 13.2 Å². The van der Waals surface area contributed by atoms with Crippen LogP contribution in [0.25, 0.3) is 0 Å². The molecule has 2 rings (SSSR count). The van der Waals surface area contributed by atoms with Gasteiger partial charge in [0.15, 0.2) is 0 Å². The van der Waals surface area contributed by atoms with Gasteiger partial charge in [0, 0.05) is 13.2 Å². The number of carbonyl (C=O) groups excluding carboxylic acids is 1. The molecular formula is C15H26N2O4. The first-order chi connectivity index (χ1) is 9.93. The predicted molar refractivity (Wildman–Crippen MR) is 78.2 cm³/mol. The molecule has 2 fully saturated rings. The summed E-state index contributed by atoms with van der Waals surface area (Å²) < 4.78 is 5.63. The number of carboxylic acid groups (broad SMARTS) is 1. The maximum absolute atomic E-state index is 12.1. The van der Waals surface area contributed by atoms with Crippen molar-refractivity contribution >= 4 is 12.0 Å². The normalized spacial score (nSPS) is 28.0. The Morgan fingerprint density at radius 2 is 1.86 bits per heavy atom. The second-order valence-corrected chi connectivity index (χ2v) is 6.62. The predicted octanol–water partition coefficient (Wildman–Crippen LogP) is 2.03. The number of carbonyl (C=O) groups is 2. The van der Waals surface area contributed by atoms with Crippen LogP contribution >= 0.6 is 0 Å². The van der Waals surface area contributed by atoms with Crippen molar-refractivity contribution in [1.82, 2.24) is 10.6 Å². The number of hydrogen-bond acceptors (Lipinski definition) is 3. The van der Waals surface area contributed by atoms with Crippen molar-refractivity contribution in [2.45, 2.75) is 69.4 Å². The van der Waals surface area contributed by atoms with Gasteiger partial charge in [0.05, 0.1) is 17.6 Å². The Hall–Kier alpha value is -1.30. The monoisotopic (exact) mass is 298 g/mol. The molecule has 0 spiro atoms. The van der Waals surface area contributed by atoms with Gasteiger partial charge in [-0.25, -0.2) is 4.79 Å². The van der Waals surface area contributed by atoms with E-state index in [0.717, 1.165) is 51.6 Å². The van der Waals surface area contributed by atoms with E-state index in [4.69, 9.17) is 9.84 Å². The van der Waals surface area contributed by atoms with Gasteiger partial charge >= 0.3 is 12.0 Å². The molecule has 1 saturated heterocycles. The Kier molecular flexibility index (Phi) is 5.08. The summed E-state index contributed by atoms with van der Waals surface area (Å²) in [5.41, 5.74) is -0.879. The first-order valence-corrected chi connectivity index (χ1v) is 7.85. The third-order valence-electron chi connectivity index (χ3n) is 4.60. The van der Waals surface area contributed by atoms with Crippen molar-refractivity contribution in [3.05, 3.63) is 0 Å². The van der Waals surface area contributed by atoms with Crippen molar-refractivity contribution < 1.29 is 19.4 Å². The van der Waals surface area contributed by atoms with Crippen LogP contribution in [0.5, 0.6) is 0 Å². The van der Waals surface area contributed by atoms with Gasteiger partial charge < -0.3 is 20.5 Å². The number of nitrogens with one attached hydrogen (secondary N) is 2. The number of hydrogen-bond donors (Lipinski definition) is 3. The van der Waals surface area contributed by atoms with Crippen LogP contribution in [-0.4, -0.2) is 41.4 Å². The smallest absolute Gasteiger partial charge is 0.315 e. The highest BCUT2D eigenvalue weighted by Gasteiger charge is 2.36. The highest BCUT2D eigenvalue weighted by atomic mass is 16.5. The molecule has 0 radical (unpaired) electrons. The lowest BCUT2D eigenvalue weighted by molar-refractivity contribution is -0.139. The van der Waals surface area contributed by atoms with E-state index in [1.54, 1.807) is 0 Å². The van der Waals surface area contributed by atoms with Crippen molar-refractivity contribution in [3.8, 4) is 0 Å². The van der Waals surface area contributed by atoms with E-state index in [0.29, 0.717) is 6.54 Å². The molecule has 1 atom stereocenters. The quantitative estimate of drug-likeness (QED) is 0.724. The number of aliphatic carboxylic acids is 1. The molecule has 21 heavy (non-hydrogen) atoms. The van der Waals surface area contributed by atoms with E-state index in [1.807, 2.05) is 6.92 Å². The zero-order valence-electron chi connectivity index (χ0n) is 12.7. The number of carboxylic acids is 1. The summed E-state index contributed by atoms with van der Waals surface area (Å²) >= 11 is 0. The van der Waals surface area contributed by atoms with Gasteiger partial charge in [0.25, 0.3) is 0 Å². The third-order valence-corrected chi connectivity index (χ3v) is 4.60. The number of rotatable bonds is 5. The highest BCUT2D eigenvalue weighted by molar-refractivity contribution is 5.76. The lowest BCUT2D eigenvalue weighted by Crippen LogP contribution is -2.55. The number of urea groups is 1. The zero-order valence-corrected chi connectivity index (χ0v) is 12.7. The van der Waals surface area contributed by atoms with Crippen LogP contribution in [0.3, 0.4) is 0 Å². The van der Waals surface area contributed by atoms with Crippen LogP contribution in [0.15, 0.2) is 0 Å². The van der Waals surface area contributed by atoms with Crippen LogP contribution in [0.2, 0.25) is 0 Å². The van der Waals surface area contributed by atoms with E-state index in [9.17, 15) is 9.59 Å². The molecule has 0 bridgehead atoms. The molecule has 0 aromatic heterocycles. The van der Waals surface area contributed by atoms with E-state index < -0.39 is 11.5 Å². The Morgan fingerprint density at radius 3 is 2.43 bits per heavy atom.